The van der Waals surface area contributed by atoms with Crippen LogP contribution in [0.25, 0.3) is 0 Å². The van der Waals surface area contributed by atoms with E-state index in [0.717, 1.165) is 6.07 Å². The van der Waals surface area contributed by atoms with Gasteiger partial charge in [-0.3, -0.25) is 9.59 Å². The van der Waals surface area contributed by atoms with Crippen molar-refractivity contribution in [3.8, 4) is 0 Å². The minimum atomic E-state index is -4.52. The number of hydrogen-bond donors (Lipinski definition) is 2. The Morgan fingerprint density at radius 2 is 2.15 bits per heavy atom. The summed E-state index contributed by atoms with van der Waals surface area (Å²) in [6.45, 7) is 2.70. The van der Waals surface area contributed by atoms with E-state index in [1.54, 1.807) is 11.8 Å². The lowest BCUT2D eigenvalue weighted by molar-refractivity contribution is -0.148. The van der Waals surface area contributed by atoms with Gasteiger partial charge in [-0.25, -0.2) is 4.98 Å². The van der Waals surface area contributed by atoms with E-state index in [2.05, 4.69) is 10.3 Å². The molecule has 0 spiro atoms. The highest BCUT2D eigenvalue weighted by atomic mass is 35.5. The zero-order valence-electron chi connectivity index (χ0n) is 14.0. The summed E-state index contributed by atoms with van der Waals surface area (Å²) in [7, 11) is 0. The van der Waals surface area contributed by atoms with Crippen LogP contribution in [0.2, 0.25) is 5.02 Å². The molecule has 1 aliphatic rings. The lowest BCUT2D eigenvalue weighted by Crippen LogP contribution is -2.45. The number of carboxylic acids is 1. The number of carbonyl (C=O) groups is 2. The number of piperidine rings is 1. The van der Waals surface area contributed by atoms with Crippen LogP contribution in [0.15, 0.2) is 12.3 Å². The number of alkyl halides is 3. The lowest BCUT2D eigenvalue weighted by Gasteiger charge is -2.35. The smallest absolute Gasteiger partial charge is 0.417 e. The molecule has 0 bridgehead atoms. The van der Waals surface area contributed by atoms with Crippen LogP contribution in [0.4, 0.5) is 19.0 Å². The summed E-state index contributed by atoms with van der Waals surface area (Å²) in [5.41, 5.74) is -0.945. The topological polar surface area (TPSA) is 82.5 Å². The van der Waals surface area contributed by atoms with Gasteiger partial charge in [0.25, 0.3) is 0 Å². The number of anilines is 1. The summed E-state index contributed by atoms with van der Waals surface area (Å²) in [4.78, 5) is 28.5. The highest BCUT2D eigenvalue weighted by Crippen LogP contribution is 2.32. The minimum Gasteiger partial charge on any atom is -0.481 e. The molecule has 0 saturated carbocycles. The molecule has 0 aromatic carbocycles. The third-order valence-corrected chi connectivity index (χ3v) is 4.66. The molecular formula is C16H19ClF3N3O3. The maximum atomic E-state index is 12.6. The molecule has 0 aliphatic carbocycles. The monoisotopic (exact) mass is 393 g/mol. The van der Waals surface area contributed by atoms with Crippen LogP contribution in [0.5, 0.6) is 0 Å². The lowest BCUT2D eigenvalue weighted by atomic mass is 9.87. The summed E-state index contributed by atoms with van der Waals surface area (Å²) in [6, 6.07) is 0.775. The van der Waals surface area contributed by atoms with Gasteiger partial charge in [0, 0.05) is 32.3 Å². The van der Waals surface area contributed by atoms with E-state index in [9.17, 15) is 22.8 Å². The van der Waals surface area contributed by atoms with Crippen molar-refractivity contribution >= 4 is 29.3 Å². The van der Waals surface area contributed by atoms with Crippen LogP contribution in [-0.4, -0.2) is 46.5 Å². The van der Waals surface area contributed by atoms with Gasteiger partial charge in [-0.15, -0.1) is 0 Å². The highest BCUT2D eigenvalue weighted by molar-refractivity contribution is 6.32. The molecule has 1 fully saturated rings. The van der Waals surface area contributed by atoms with E-state index >= 15 is 0 Å². The molecule has 2 heterocycles. The fourth-order valence-electron chi connectivity index (χ4n) is 2.91. The van der Waals surface area contributed by atoms with Gasteiger partial charge >= 0.3 is 12.1 Å². The average Bonchev–Trinajstić information content (AvgIpc) is 2.54. The zero-order valence-corrected chi connectivity index (χ0v) is 14.8. The highest BCUT2D eigenvalue weighted by Gasteiger charge is 2.33. The Bertz CT molecular complexity index is 684. The van der Waals surface area contributed by atoms with Gasteiger partial charge in [0.1, 0.15) is 5.82 Å². The van der Waals surface area contributed by atoms with E-state index in [0.29, 0.717) is 25.7 Å². The standard InChI is InChI=1S/C16H19ClF3N3O3/c1-9-8-23(5-3-11(9)15(25)26)13(24)2-4-21-14-12(17)6-10(7-22-14)16(18,19)20/h6-7,9,11H,2-5,8H2,1H3,(H,21,22)(H,25,26). The Morgan fingerprint density at radius 1 is 1.46 bits per heavy atom. The zero-order chi connectivity index (χ0) is 19.5. The third-order valence-electron chi connectivity index (χ3n) is 4.38. The summed E-state index contributed by atoms with van der Waals surface area (Å²) in [5, 5.41) is 11.7. The molecule has 1 saturated heterocycles. The van der Waals surface area contributed by atoms with Crippen LogP contribution >= 0.6 is 11.6 Å². The van der Waals surface area contributed by atoms with E-state index in [-0.39, 0.29) is 35.6 Å². The largest absolute Gasteiger partial charge is 0.481 e. The minimum absolute atomic E-state index is 0.0745. The number of pyridine rings is 1. The number of nitrogens with one attached hydrogen (secondary N) is 1. The first-order valence-electron chi connectivity index (χ1n) is 8.06. The molecule has 2 unspecified atom stereocenters. The van der Waals surface area contributed by atoms with Crippen molar-refractivity contribution in [1.29, 1.82) is 0 Å². The molecule has 2 rings (SSSR count). The Hall–Kier alpha value is -2.03. The van der Waals surface area contributed by atoms with Gasteiger partial charge in [-0.05, 0) is 18.4 Å². The summed E-state index contributed by atoms with van der Waals surface area (Å²) in [6.07, 6.45) is -3.34. The number of carboxylic acid groups (broad SMARTS) is 1. The van der Waals surface area contributed by atoms with Gasteiger partial charge in [0.05, 0.1) is 16.5 Å². The van der Waals surface area contributed by atoms with Crippen LogP contribution < -0.4 is 5.32 Å². The molecule has 1 aliphatic heterocycles. The first-order valence-corrected chi connectivity index (χ1v) is 8.44. The number of carbonyl (C=O) groups excluding carboxylic acids is 1. The fourth-order valence-corrected chi connectivity index (χ4v) is 3.14. The maximum absolute atomic E-state index is 12.6. The normalized spacial score (nSPS) is 20.7. The molecule has 2 N–H and O–H groups in total. The number of nitrogens with zero attached hydrogens (tertiary/aromatic N) is 2. The number of halogens is 4. The molecule has 1 aromatic rings. The van der Waals surface area contributed by atoms with Gasteiger partial charge in [-0.2, -0.15) is 13.2 Å². The fraction of sp³-hybridized carbons (Fsp3) is 0.562. The van der Waals surface area contributed by atoms with Crippen molar-refractivity contribution in [1.82, 2.24) is 9.88 Å². The van der Waals surface area contributed by atoms with Crippen LogP contribution in [0.3, 0.4) is 0 Å². The van der Waals surface area contributed by atoms with Crippen LogP contribution in [-0.2, 0) is 15.8 Å². The summed E-state index contributed by atoms with van der Waals surface area (Å²) < 4.78 is 37.7. The summed E-state index contributed by atoms with van der Waals surface area (Å²) >= 11 is 5.79. The van der Waals surface area contributed by atoms with Gasteiger partial charge in [0.2, 0.25) is 5.91 Å². The van der Waals surface area contributed by atoms with Crippen molar-refractivity contribution < 1.29 is 27.9 Å². The Labute approximate surface area is 153 Å². The maximum Gasteiger partial charge on any atom is 0.417 e. The second-order valence-corrected chi connectivity index (χ2v) is 6.69. The Balaban J connectivity index is 1.85. The van der Waals surface area contributed by atoms with Crippen molar-refractivity contribution in [2.45, 2.75) is 25.9 Å². The Morgan fingerprint density at radius 3 is 2.69 bits per heavy atom. The van der Waals surface area contributed by atoms with E-state index in [1.807, 2.05) is 0 Å². The van der Waals surface area contributed by atoms with Crippen molar-refractivity contribution in [2.75, 3.05) is 25.0 Å². The first-order chi connectivity index (χ1) is 12.1. The SMILES string of the molecule is CC1CN(C(=O)CCNc2ncc(C(F)(F)F)cc2Cl)CCC1C(=O)O. The molecule has 26 heavy (non-hydrogen) atoms. The Kier molecular flexibility index (Phi) is 6.33. The van der Waals surface area contributed by atoms with E-state index < -0.39 is 23.6 Å². The van der Waals surface area contributed by atoms with Crippen LogP contribution in [0.1, 0.15) is 25.3 Å². The number of aliphatic carboxylic acids is 1. The number of likely N-dealkylation sites (tertiary alicyclic amines) is 1. The average molecular weight is 394 g/mol. The van der Waals surface area contributed by atoms with Crippen LogP contribution in [0, 0.1) is 11.8 Å². The first kappa shape index (κ1) is 20.3. The summed E-state index contributed by atoms with van der Waals surface area (Å²) in [5.74, 6) is -1.52. The molecule has 1 amide bonds. The van der Waals surface area contributed by atoms with Gasteiger partial charge in [-0.1, -0.05) is 18.5 Å². The van der Waals surface area contributed by atoms with E-state index in [1.165, 1.54) is 0 Å². The van der Waals surface area contributed by atoms with Gasteiger partial charge in [0.15, 0.2) is 0 Å². The van der Waals surface area contributed by atoms with Crippen molar-refractivity contribution in [3.63, 3.8) is 0 Å². The quantitative estimate of drug-likeness (QED) is 0.803. The predicted molar refractivity (Wildman–Crippen MR) is 88.8 cm³/mol. The van der Waals surface area contributed by atoms with Crippen molar-refractivity contribution in [2.24, 2.45) is 11.8 Å². The van der Waals surface area contributed by atoms with E-state index in [4.69, 9.17) is 16.7 Å². The molecule has 0 radical (unpaired) electrons. The molecule has 144 valence electrons. The number of aromatic nitrogens is 1. The number of hydrogen-bond acceptors (Lipinski definition) is 4. The second-order valence-electron chi connectivity index (χ2n) is 6.28. The molecule has 10 heteroatoms. The third kappa shape index (κ3) is 5.00. The number of rotatable bonds is 5. The van der Waals surface area contributed by atoms with Crippen molar-refractivity contribution in [3.05, 3.63) is 22.8 Å². The molecule has 6 nitrogen and oxygen atoms in total. The molecule has 2 atom stereocenters. The number of amides is 1. The predicted octanol–water partition coefficient (Wildman–Crippen LogP) is 3.13. The second kappa shape index (κ2) is 8.11. The van der Waals surface area contributed by atoms with Gasteiger partial charge < -0.3 is 15.3 Å². The molecular weight excluding hydrogens is 375 g/mol. The molecule has 1 aromatic heterocycles.